The number of carboxylic acids is 2. The molecule has 0 radical (unpaired) electrons. The van der Waals surface area contributed by atoms with Gasteiger partial charge in [-0.3, -0.25) is 19.3 Å². The standard InChI is InChI=1S/C19H22N6O8S2/c1-7(17(28)29)32-23-11(9-6-35-19(20)21-9)14(26)22-12-15(27)25-13(18(30)31)8(5-34-16(12)25)10-3-4-24(2)33-10/h6-7,10,12,16H,3-5H2,1-2H3,(H2,20,21)(H,22,26)(H,28,29)(H,30,31)/b23-11-/t7?,10-,12?,16?/m0/s1. The van der Waals surface area contributed by atoms with Crippen molar-refractivity contribution in [2.45, 2.75) is 37.0 Å². The van der Waals surface area contributed by atoms with E-state index in [0.717, 1.165) is 16.2 Å². The number of hydroxylamine groups is 2. The highest BCUT2D eigenvalue weighted by Crippen LogP contribution is 2.42. The quantitative estimate of drug-likeness (QED) is 0.189. The topological polar surface area (TPSA) is 197 Å². The minimum atomic E-state index is -1.35. The Bertz CT molecular complexity index is 1140. The molecule has 16 heteroatoms. The zero-order valence-electron chi connectivity index (χ0n) is 18.5. The molecule has 5 N–H and O–H groups in total. The number of rotatable bonds is 8. The van der Waals surface area contributed by atoms with Crippen molar-refractivity contribution in [3.8, 4) is 0 Å². The first-order valence-electron chi connectivity index (χ1n) is 10.4. The van der Waals surface area contributed by atoms with Crippen LogP contribution in [0.2, 0.25) is 0 Å². The molecule has 14 nitrogen and oxygen atoms in total. The number of hydrogen-bond donors (Lipinski definition) is 4. The van der Waals surface area contributed by atoms with E-state index in [-0.39, 0.29) is 22.2 Å². The average Bonchev–Trinajstić information content (AvgIpc) is 3.44. The van der Waals surface area contributed by atoms with Crippen LogP contribution in [0.15, 0.2) is 21.8 Å². The Hall–Kier alpha value is -3.21. The molecule has 188 valence electrons. The van der Waals surface area contributed by atoms with Crippen LogP contribution in [0.25, 0.3) is 0 Å². The van der Waals surface area contributed by atoms with Crippen molar-refractivity contribution < 1.29 is 39.1 Å². The van der Waals surface area contributed by atoms with Crippen molar-refractivity contribution in [2.75, 3.05) is 25.1 Å². The molecule has 2 amide bonds. The number of anilines is 1. The number of amides is 2. The number of nitrogens with two attached hydrogens (primary N) is 1. The van der Waals surface area contributed by atoms with Gasteiger partial charge < -0.3 is 26.1 Å². The molecule has 3 aliphatic rings. The van der Waals surface area contributed by atoms with Gasteiger partial charge in [-0.1, -0.05) is 5.16 Å². The van der Waals surface area contributed by atoms with E-state index in [2.05, 4.69) is 15.5 Å². The molecule has 2 saturated heterocycles. The van der Waals surface area contributed by atoms with Crippen LogP contribution in [0.3, 0.4) is 0 Å². The number of fused-ring (bicyclic) bond motifs is 1. The highest BCUT2D eigenvalue weighted by molar-refractivity contribution is 8.00. The molecular weight excluding hydrogens is 504 g/mol. The lowest BCUT2D eigenvalue weighted by atomic mass is 9.99. The molecule has 0 aliphatic carbocycles. The Balaban J connectivity index is 1.54. The van der Waals surface area contributed by atoms with Crippen molar-refractivity contribution >= 4 is 57.7 Å². The van der Waals surface area contributed by atoms with Gasteiger partial charge in [-0.25, -0.2) is 14.6 Å². The fourth-order valence-electron chi connectivity index (χ4n) is 3.74. The highest BCUT2D eigenvalue weighted by atomic mass is 32.2. The Morgan fingerprint density at radius 2 is 2.14 bits per heavy atom. The zero-order chi connectivity index (χ0) is 25.4. The number of nitrogens with zero attached hydrogens (tertiary/aromatic N) is 4. The fourth-order valence-corrected chi connectivity index (χ4v) is 5.69. The summed E-state index contributed by atoms with van der Waals surface area (Å²) in [6.45, 7) is 1.86. The maximum absolute atomic E-state index is 13.0. The van der Waals surface area contributed by atoms with Crippen molar-refractivity contribution in [1.82, 2.24) is 20.3 Å². The van der Waals surface area contributed by atoms with Crippen LogP contribution in [-0.4, -0.2) is 97.6 Å². The summed E-state index contributed by atoms with van der Waals surface area (Å²) < 4.78 is 0. The number of thiazole rings is 1. The molecule has 2 fully saturated rings. The fraction of sp³-hybridized carbons (Fsp3) is 0.474. The molecule has 4 rings (SSSR count). The predicted octanol–water partition coefficient (Wildman–Crippen LogP) is -0.707. The summed E-state index contributed by atoms with van der Waals surface area (Å²) >= 11 is 2.34. The van der Waals surface area contributed by atoms with Gasteiger partial charge in [0.05, 0.1) is 0 Å². The van der Waals surface area contributed by atoms with Crippen LogP contribution < -0.4 is 11.1 Å². The Morgan fingerprint density at radius 3 is 2.71 bits per heavy atom. The Morgan fingerprint density at radius 1 is 1.40 bits per heavy atom. The van der Waals surface area contributed by atoms with Crippen LogP contribution in [0.1, 0.15) is 19.0 Å². The summed E-state index contributed by atoms with van der Waals surface area (Å²) in [6.07, 6.45) is -1.19. The van der Waals surface area contributed by atoms with Gasteiger partial charge in [-0.2, -0.15) is 5.06 Å². The molecule has 0 bridgehead atoms. The first-order valence-corrected chi connectivity index (χ1v) is 12.3. The molecule has 1 aromatic heterocycles. The lowest BCUT2D eigenvalue weighted by molar-refractivity contribution is -0.151. The third-order valence-corrected chi connectivity index (χ3v) is 7.49. The van der Waals surface area contributed by atoms with Crippen LogP contribution >= 0.6 is 23.1 Å². The first-order chi connectivity index (χ1) is 16.6. The number of nitrogen functional groups attached to an aromatic ring is 1. The van der Waals surface area contributed by atoms with Crippen molar-refractivity contribution in [3.63, 3.8) is 0 Å². The lowest BCUT2D eigenvalue weighted by Gasteiger charge is -2.49. The number of aliphatic carboxylic acids is 2. The zero-order valence-corrected chi connectivity index (χ0v) is 20.2. The van der Waals surface area contributed by atoms with Crippen LogP contribution in [0, 0.1) is 0 Å². The van der Waals surface area contributed by atoms with E-state index in [4.69, 9.17) is 20.5 Å². The van der Waals surface area contributed by atoms with E-state index in [1.54, 1.807) is 12.1 Å². The van der Waals surface area contributed by atoms with Crippen LogP contribution in [0.4, 0.5) is 5.13 Å². The minimum absolute atomic E-state index is 0.0402. The lowest BCUT2D eigenvalue weighted by Crippen LogP contribution is -2.71. The number of thioether (sulfide) groups is 1. The number of nitrogens with one attached hydrogen (secondary N) is 1. The summed E-state index contributed by atoms with van der Waals surface area (Å²) in [4.78, 5) is 64.7. The van der Waals surface area contributed by atoms with Crippen molar-refractivity contribution in [1.29, 1.82) is 0 Å². The molecule has 4 atom stereocenters. The SMILES string of the molecule is CC(O/N=C(\C(=O)NC1C(=O)N2C(C(=O)O)=C([C@@H]3CCN(C)O3)CSC12)c1csc(N)n1)C(=O)O. The molecule has 0 saturated carbocycles. The normalized spacial score (nSPS) is 25.7. The average molecular weight is 527 g/mol. The first kappa shape index (κ1) is 24.9. The number of carboxylic acid groups (broad SMARTS) is 2. The van der Waals surface area contributed by atoms with Gasteiger partial charge in [-0.15, -0.1) is 23.1 Å². The minimum Gasteiger partial charge on any atom is -0.478 e. The van der Waals surface area contributed by atoms with E-state index in [0.29, 0.717) is 24.3 Å². The van der Waals surface area contributed by atoms with Gasteiger partial charge in [0.2, 0.25) is 6.10 Å². The Kier molecular flexibility index (Phi) is 6.98. The van der Waals surface area contributed by atoms with E-state index < -0.39 is 47.4 Å². The van der Waals surface area contributed by atoms with E-state index in [1.807, 2.05) is 0 Å². The number of hydrogen-bond acceptors (Lipinski definition) is 12. The molecule has 35 heavy (non-hydrogen) atoms. The van der Waals surface area contributed by atoms with Gasteiger partial charge in [0.15, 0.2) is 10.8 Å². The molecule has 0 spiro atoms. The van der Waals surface area contributed by atoms with E-state index in [1.165, 1.54) is 24.1 Å². The second-order valence-corrected chi connectivity index (χ2v) is 9.87. The van der Waals surface area contributed by atoms with Gasteiger partial charge >= 0.3 is 11.9 Å². The summed E-state index contributed by atoms with van der Waals surface area (Å²) in [7, 11) is 1.75. The molecule has 1 aromatic rings. The van der Waals surface area contributed by atoms with Crippen LogP contribution in [0.5, 0.6) is 0 Å². The van der Waals surface area contributed by atoms with E-state index in [9.17, 15) is 24.3 Å². The van der Waals surface area contributed by atoms with Crippen molar-refractivity contribution in [2.24, 2.45) is 5.16 Å². The highest BCUT2D eigenvalue weighted by Gasteiger charge is 2.55. The Labute approximate surface area is 206 Å². The molecule has 0 aromatic carbocycles. The van der Waals surface area contributed by atoms with Gasteiger partial charge in [0.1, 0.15) is 28.9 Å². The number of aromatic nitrogens is 1. The van der Waals surface area contributed by atoms with Gasteiger partial charge in [-0.05, 0) is 13.3 Å². The van der Waals surface area contributed by atoms with Crippen molar-refractivity contribution in [3.05, 3.63) is 22.3 Å². The van der Waals surface area contributed by atoms with Gasteiger partial charge in [0, 0.05) is 30.3 Å². The molecule has 4 heterocycles. The summed E-state index contributed by atoms with van der Waals surface area (Å²) in [5.41, 5.74) is 5.68. The maximum atomic E-state index is 13.0. The second-order valence-electron chi connectivity index (χ2n) is 7.87. The molecular formula is C19H22N6O8S2. The maximum Gasteiger partial charge on any atom is 0.352 e. The smallest absolute Gasteiger partial charge is 0.352 e. The monoisotopic (exact) mass is 526 g/mol. The third kappa shape index (κ3) is 4.82. The predicted molar refractivity (Wildman–Crippen MR) is 123 cm³/mol. The number of oxime groups is 1. The molecule has 3 unspecified atom stereocenters. The summed E-state index contributed by atoms with van der Waals surface area (Å²) in [5, 5.41) is 27.6. The van der Waals surface area contributed by atoms with Crippen LogP contribution in [-0.2, 0) is 28.9 Å². The third-order valence-electron chi connectivity index (χ3n) is 5.52. The van der Waals surface area contributed by atoms with E-state index >= 15 is 0 Å². The largest absolute Gasteiger partial charge is 0.478 e. The number of carbonyl (C=O) groups is 4. The second kappa shape index (κ2) is 9.80. The summed E-state index contributed by atoms with van der Waals surface area (Å²) in [5.74, 6) is -3.69. The summed E-state index contributed by atoms with van der Waals surface area (Å²) in [6, 6.07) is -1.03. The number of β-lactam (4-membered cyclic amide) rings is 1. The molecule has 3 aliphatic heterocycles. The van der Waals surface area contributed by atoms with Gasteiger partial charge in [0.25, 0.3) is 11.8 Å². The number of carbonyl (C=O) groups excluding carboxylic acids is 2.